The van der Waals surface area contributed by atoms with E-state index in [0.29, 0.717) is 11.5 Å². The molecule has 0 radical (unpaired) electrons. The number of hydrogen-bond donors (Lipinski definition) is 0. The van der Waals surface area contributed by atoms with Crippen molar-refractivity contribution in [3.05, 3.63) is 64.4 Å². The molecule has 2 nitrogen and oxygen atoms in total. The number of carbonyl (C=O) groups excluding carboxylic acids is 1. The van der Waals surface area contributed by atoms with Crippen molar-refractivity contribution in [3.8, 4) is 0 Å². The van der Waals surface area contributed by atoms with Gasteiger partial charge in [0.1, 0.15) is 4.88 Å². The highest BCUT2D eigenvalue weighted by Gasteiger charge is 2.07. The Morgan fingerprint density at radius 1 is 1.28 bits per heavy atom. The Morgan fingerprint density at radius 3 is 2.67 bits per heavy atom. The minimum atomic E-state index is -0.243. The van der Waals surface area contributed by atoms with Crippen molar-refractivity contribution >= 4 is 23.4 Å². The standard InChI is InChI=1S/C15H14O2S/c1-2-12-5-7-13(8-6-12)9-10-17-15(16)14-4-3-11-18-14/h2-8,11H,1,9-10H2. The molecule has 1 aromatic heterocycles. The molecule has 18 heavy (non-hydrogen) atoms. The average Bonchev–Trinajstić information content (AvgIpc) is 2.93. The van der Waals surface area contributed by atoms with E-state index in [2.05, 4.69) is 6.58 Å². The van der Waals surface area contributed by atoms with E-state index >= 15 is 0 Å². The van der Waals surface area contributed by atoms with E-state index in [1.54, 1.807) is 12.1 Å². The Hall–Kier alpha value is -1.87. The second kappa shape index (κ2) is 6.17. The van der Waals surface area contributed by atoms with Crippen molar-refractivity contribution in [1.29, 1.82) is 0 Å². The lowest BCUT2D eigenvalue weighted by Crippen LogP contribution is -2.06. The Labute approximate surface area is 111 Å². The summed E-state index contributed by atoms with van der Waals surface area (Å²) in [4.78, 5) is 12.2. The molecule has 3 heteroatoms. The maximum atomic E-state index is 11.6. The van der Waals surface area contributed by atoms with Crippen LogP contribution in [0.5, 0.6) is 0 Å². The van der Waals surface area contributed by atoms with Gasteiger partial charge in [-0.15, -0.1) is 11.3 Å². The van der Waals surface area contributed by atoms with Crippen LogP contribution in [0.2, 0.25) is 0 Å². The fourth-order valence-electron chi connectivity index (χ4n) is 1.55. The molecule has 0 fully saturated rings. The summed E-state index contributed by atoms with van der Waals surface area (Å²) in [5.41, 5.74) is 2.24. The zero-order valence-electron chi connectivity index (χ0n) is 9.96. The molecular weight excluding hydrogens is 244 g/mol. The predicted molar refractivity (Wildman–Crippen MR) is 74.8 cm³/mol. The molecule has 0 bridgehead atoms. The maximum Gasteiger partial charge on any atom is 0.348 e. The van der Waals surface area contributed by atoms with Gasteiger partial charge in [-0.3, -0.25) is 0 Å². The van der Waals surface area contributed by atoms with Crippen LogP contribution in [0.3, 0.4) is 0 Å². The van der Waals surface area contributed by atoms with Crippen LogP contribution in [0.15, 0.2) is 48.4 Å². The van der Waals surface area contributed by atoms with E-state index in [0.717, 1.165) is 17.5 Å². The molecule has 92 valence electrons. The largest absolute Gasteiger partial charge is 0.461 e. The molecule has 0 unspecified atom stereocenters. The lowest BCUT2D eigenvalue weighted by molar-refractivity contribution is 0.0515. The van der Waals surface area contributed by atoms with Gasteiger partial charge in [0.05, 0.1) is 6.61 Å². The summed E-state index contributed by atoms with van der Waals surface area (Å²) in [5.74, 6) is -0.243. The van der Waals surface area contributed by atoms with Gasteiger partial charge in [0.2, 0.25) is 0 Å². The molecule has 0 spiro atoms. The van der Waals surface area contributed by atoms with Gasteiger partial charge in [-0.25, -0.2) is 4.79 Å². The van der Waals surface area contributed by atoms with Crippen molar-refractivity contribution in [3.63, 3.8) is 0 Å². The summed E-state index contributed by atoms with van der Waals surface area (Å²) >= 11 is 1.40. The number of ether oxygens (including phenoxy) is 1. The SMILES string of the molecule is C=Cc1ccc(CCOC(=O)c2cccs2)cc1. The van der Waals surface area contributed by atoms with Crippen molar-refractivity contribution in [1.82, 2.24) is 0 Å². The molecule has 0 saturated heterocycles. The summed E-state index contributed by atoms with van der Waals surface area (Å²) in [6, 6.07) is 11.7. The molecule has 2 rings (SSSR count). The smallest absolute Gasteiger partial charge is 0.348 e. The third kappa shape index (κ3) is 3.31. The Morgan fingerprint density at radius 2 is 2.06 bits per heavy atom. The van der Waals surface area contributed by atoms with Gasteiger partial charge in [0.25, 0.3) is 0 Å². The van der Waals surface area contributed by atoms with Gasteiger partial charge in [0, 0.05) is 6.42 Å². The summed E-state index contributed by atoms with van der Waals surface area (Å²) in [6.07, 6.45) is 2.54. The fourth-order valence-corrected chi connectivity index (χ4v) is 2.16. The summed E-state index contributed by atoms with van der Waals surface area (Å²) in [6.45, 7) is 4.11. The first-order valence-corrected chi connectivity index (χ1v) is 6.59. The molecule has 1 heterocycles. The summed E-state index contributed by atoms with van der Waals surface area (Å²) < 4.78 is 5.20. The minimum Gasteiger partial charge on any atom is -0.461 e. The van der Waals surface area contributed by atoms with Crippen LogP contribution in [0.25, 0.3) is 6.08 Å². The summed E-state index contributed by atoms with van der Waals surface area (Å²) in [7, 11) is 0. The highest BCUT2D eigenvalue weighted by Crippen LogP contribution is 2.11. The third-order valence-electron chi connectivity index (χ3n) is 2.56. The maximum absolute atomic E-state index is 11.6. The van der Waals surface area contributed by atoms with Crippen molar-refractivity contribution in [2.75, 3.05) is 6.61 Å². The minimum absolute atomic E-state index is 0.243. The third-order valence-corrected chi connectivity index (χ3v) is 3.41. The molecule has 0 aliphatic carbocycles. The summed E-state index contributed by atoms with van der Waals surface area (Å²) in [5, 5.41) is 1.87. The first-order valence-electron chi connectivity index (χ1n) is 5.71. The lowest BCUT2D eigenvalue weighted by atomic mass is 10.1. The van der Waals surface area contributed by atoms with Gasteiger partial charge in [-0.05, 0) is 22.6 Å². The van der Waals surface area contributed by atoms with Crippen molar-refractivity contribution in [2.24, 2.45) is 0 Å². The van der Waals surface area contributed by atoms with Gasteiger partial charge in [0.15, 0.2) is 0 Å². The number of rotatable bonds is 5. The normalized spacial score (nSPS) is 10.0. The molecule has 0 aliphatic rings. The van der Waals surface area contributed by atoms with Gasteiger partial charge in [-0.2, -0.15) is 0 Å². The zero-order valence-corrected chi connectivity index (χ0v) is 10.8. The van der Waals surface area contributed by atoms with E-state index in [9.17, 15) is 4.79 Å². The van der Waals surface area contributed by atoms with Crippen LogP contribution in [0.4, 0.5) is 0 Å². The Bertz CT molecular complexity index is 512. The van der Waals surface area contributed by atoms with E-state index in [4.69, 9.17) is 4.74 Å². The first kappa shape index (κ1) is 12.6. The zero-order chi connectivity index (χ0) is 12.8. The lowest BCUT2D eigenvalue weighted by Gasteiger charge is -2.04. The van der Waals surface area contributed by atoms with E-state index in [-0.39, 0.29) is 5.97 Å². The molecule has 0 amide bonds. The van der Waals surface area contributed by atoms with Gasteiger partial charge in [-0.1, -0.05) is 43.0 Å². The van der Waals surface area contributed by atoms with E-state index < -0.39 is 0 Å². The molecule has 0 atom stereocenters. The van der Waals surface area contributed by atoms with Crippen molar-refractivity contribution in [2.45, 2.75) is 6.42 Å². The van der Waals surface area contributed by atoms with Crippen LogP contribution in [-0.4, -0.2) is 12.6 Å². The quantitative estimate of drug-likeness (QED) is 0.763. The van der Waals surface area contributed by atoms with Crippen LogP contribution in [0.1, 0.15) is 20.8 Å². The predicted octanol–water partition coefficient (Wildman–Crippen LogP) is 3.79. The molecule has 0 N–H and O–H groups in total. The molecule has 0 saturated carbocycles. The number of benzene rings is 1. The molecular formula is C15H14O2S. The average molecular weight is 258 g/mol. The number of esters is 1. The topological polar surface area (TPSA) is 26.3 Å². The van der Waals surface area contributed by atoms with Crippen molar-refractivity contribution < 1.29 is 9.53 Å². The monoisotopic (exact) mass is 258 g/mol. The highest BCUT2D eigenvalue weighted by atomic mass is 32.1. The second-order valence-electron chi connectivity index (χ2n) is 3.81. The van der Waals surface area contributed by atoms with E-state index in [1.807, 2.05) is 35.7 Å². The van der Waals surface area contributed by atoms with Gasteiger partial charge < -0.3 is 4.74 Å². The molecule has 2 aromatic rings. The number of hydrogen-bond acceptors (Lipinski definition) is 3. The highest BCUT2D eigenvalue weighted by molar-refractivity contribution is 7.11. The number of thiophene rings is 1. The van der Waals surface area contributed by atoms with Crippen LogP contribution >= 0.6 is 11.3 Å². The fraction of sp³-hybridized carbons (Fsp3) is 0.133. The number of carbonyl (C=O) groups is 1. The molecule has 1 aromatic carbocycles. The van der Waals surface area contributed by atoms with E-state index in [1.165, 1.54) is 11.3 Å². The second-order valence-corrected chi connectivity index (χ2v) is 4.76. The Kier molecular flexibility index (Phi) is 4.31. The molecule has 0 aliphatic heterocycles. The van der Waals surface area contributed by atoms with Crippen LogP contribution in [-0.2, 0) is 11.2 Å². The van der Waals surface area contributed by atoms with Gasteiger partial charge >= 0.3 is 5.97 Å². The van der Waals surface area contributed by atoms with Crippen LogP contribution < -0.4 is 0 Å². The first-order chi connectivity index (χ1) is 8.79. The van der Waals surface area contributed by atoms with Crippen LogP contribution in [0, 0.1) is 0 Å². The Balaban J connectivity index is 1.81.